The van der Waals surface area contributed by atoms with Gasteiger partial charge in [0.2, 0.25) is 5.78 Å². The summed E-state index contributed by atoms with van der Waals surface area (Å²) < 4.78 is 5.56. The molecule has 0 radical (unpaired) electrons. The largest absolute Gasteiger partial charge is 0.493 e. The summed E-state index contributed by atoms with van der Waals surface area (Å²) >= 11 is 6.10. The quantitative estimate of drug-likeness (QED) is 0.569. The molecule has 6 atom stereocenters. The van der Waals surface area contributed by atoms with E-state index in [-0.39, 0.29) is 17.6 Å². The third-order valence-corrected chi connectivity index (χ3v) is 5.75. The highest BCUT2D eigenvalue weighted by Crippen LogP contribution is 2.40. The Morgan fingerprint density at radius 3 is 2.73 bits per heavy atom. The lowest BCUT2D eigenvalue weighted by atomic mass is 9.75. The van der Waals surface area contributed by atoms with Gasteiger partial charge in [-0.25, -0.2) is 0 Å². The van der Waals surface area contributed by atoms with Crippen molar-refractivity contribution in [3.8, 4) is 0 Å². The third-order valence-electron chi connectivity index (χ3n) is 5.36. The highest BCUT2D eigenvalue weighted by atomic mass is 35.5. The highest BCUT2D eigenvalue weighted by Gasteiger charge is 2.50. The summed E-state index contributed by atoms with van der Waals surface area (Å²) in [5, 5.41) is 41.0. The lowest BCUT2D eigenvalue weighted by Gasteiger charge is -2.40. The van der Waals surface area contributed by atoms with Crippen LogP contribution >= 0.6 is 11.6 Å². The van der Waals surface area contributed by atoms with Crippen molar-refractivity contribution in [1.82, 2.24) is 0 Å². The number of Topliss-reactive ketones (excluding diaryl/α,β-unsaturated/α-hetero) is 1. The average molecular weight is 387 g/mol. The Hall–Kier alpha value is -1.18. The van der Waals surface area contributed by atoms with E-state index in [9.17, 15) is 25.2 Å². The van der Waals surface area contributed by atoms with Crippen LogP contribution in [0.1, 0.15) is 34.1 Å². The Morgan fingerprint density at radius 1 is 1.54 bits per heavy atom. The number of hydrogen-bond donors (Lipinski definition) is 4. The molecule has 146 valence electrons. The molecule has 6 nitrogen and oxygen atoms in total. The number of hydrogen-bond acceptors (Lipinski definition) is 6. The molecule has 0 aromatic carbocycles. The van der Waals surface area contributed by atoms with Crippen molar-refractivity contribution in [2.45, 2.75) is 57.5 Å². The summed E-state index contributed by atoms with van der Waals surface area (Å²) in [6.45, 7) is 6.53. The minimum Gasteiger partial charge on any atom is -0.493 e. The molecule has 1 aliphatic carbocycles. The van der Waals surface area contributed by atoms with E-state index in [1.165, 1.54) is 32.1 Å². The summed E-state index contributed by atoms with van der Waals surface area (Å²) in [7, 11) is 0. The van der Waals surface area contributed by atoms with E-state index < -0.39 is 35.1 Å². The molecular formula is C19H27ClO6. The molecule has 7 heteroatoms. The number of carbonyl (C=O) groups excluding carboxylic acids is 1. The zero-order valence-corrected chi connectivity index (χ0v) is 16.2. The van der Waals surface area contributed by atoms with Gasteiger partial charge in [-0.15, -0.1) is 0 Å². The number of carbonyl (C=O) groups is 1. The molecule has 0 aromatic rings. The fourth-order valence-electron chi connectivity index (χ4n) is 3.19. The fourth-order valence-corrected chi connectivity index (χ4v) is 3.58. The van der Waals surface area contributed by atoms with Crippen molar-refractivity contribution in [3.05, 3.63) is 34.6 Å². The zero-order valence-electron chi connectivity index (χ0n) is 15.4. The number of ketones is 1. The molecule has 2 aliphatic rings. The van der Waals surface area contributed by atoms with Gasteiger partial charge in [-0.3, -0.25) is 4.79 Å². The molecule has 0 amide bonds. The van der Waals surface area contributed by atoms with Crippen molar-refractivity contribution in [1.29, 1.82) is 0 Å². The lowest BCUT2D eigenvalue weighted by Crippen LogP contribution is -2.55. The molecule has 26 heavy (non-hydrogen) atoms. The van der Waals surface area contributed by atoms with Crippen molar-refractivity contribution >= 4 is 17.4 Å². The van der Waals surface area contributed by atoms with Crippen molar-refractivity contribution in [2.24, 2.45) is 11.8 Å². The second-order valence-electron chi connectivity index (χ2n) is 7.54. The number of aliphatic hydroxyl groups excluding tert-OH is 2. The van der Waals surface area contributed by atoms with Crippen molar-refractivity contribution in [2.75, 3.05) is 6.61 Å². The molecule has 4 N–H and O–H groups in total. The second-order valence-corrected chi connectivity index (χ2v) is 7.92. The maximum Gasteiger partial charge on any atom is 0.208 e. The smallest absolute Gasteiger partial charge is 0.208 e. The SMILES string of the molecule is CC[C@H](C)[C@@H](O)[C@@](C)(O)/C=C/C1=CC2=C(Cl)C(=O)[C@](C)(O)[C@H](O)[C@H]2CO1. The van der Waals surface area contributed by atoms with E-state index in [0.717, 1.165) is 0 Å². The maximum absolute atomic E-state index is 12.2. The van der Waals surface area contributed by atoms with Gasteiger partial charge in [-0.2, -0.15) is 0 Å². The van der Waals surface area contributed by atoms with E-state index in [0.29, 0.717) is 17.8 Å². The Kier molecular flexibility index (Phi) is 6.05. The minimum absolute atomic E-state index is 0.0301. The first-order valence-corrected chi connectivity index (χ1v) is 9.10. The molecule has 0 saturated heterocycles. The van der Waals surface area contributed by atoms with E-state index in [1.807, 2.05) is 13.8 Å². The second kappa shape index (κ2) is 7.44. The first-order valence-electron chi connectivity index (χ1n) is 8.72. The van der Waals surface area contributed by atoms with E-state index >= 15 is 0 Å². The van der Waals surface area contributed by atoms with Gasteiger partial charge in [0.25, 0.3) is 0 Å². The van der Waals surface area contributed by atoms with Crippen LogP contribution in [0.15, 0.2) is 34.6 Å². The molecule has 0 spiro atoms. The number of halogens is 1. The van der Waals surface area contributed by atoms with Crippen LogP contribution in [0.3, 0.4) is 0 Å². The van der Waals surface area contributed by atoms with Crippen LogP contribution < -0.4 is 0 Å². The normalized spacial score (nSPS) is 34.0. The molecule has 0 saturated carbocycles. The van der Waals surface area contributed by atoms with Gasteiger partial charge in [0, 0.05) is 5.92 Å². The zero-order chi connectivity index (χ0) is 19.9. The number of fused-ring (bicyclic) bond motifs is 1. The first kappa shape index (κ1) is 21.1. The molecule has 2 rings (SSSR count). The van der Waals surface area contributed by atoms with Crippen molar-refractivity contribution < 1.29 is 30.0 Å². The number of allylic oxidation sites excluding steroid dienone is 2. The van der Waals surface area contributed by atoms with Crippen LogP contribution in [0.2, 0.25) is 0 Å². The van der Waals surface area contributed by atoms with Gasteiger partial charge in [-0.1, -0.05) is 31.9 Å². The van der Waals surface area contributed by atoms with Gasteiger partial charge in [0.05, 0.1) is 17.7 Å². The summed E-state index contributed by atoms with van der Waals surface area (Å²) in [6.07, 6.45) is 2.88. The first-order chi connectivity index (χ1) is 11.9. The summed E-state index contributed by atoms with van der Waals surface area (Å²) in [5.74, 6) is -1.12. The van der Waals surface area contributed by atoms with Crippen LogP contribution in [0.4, 0.5) is 0 Å². The van der Waals surface area contributed by atoms with E-state index in [1.54, 1.807) is 0 Å². The van der Waals surface area contributed by atoms with Gasteiger partial charge in [0.15, 0.2) is 5.60 Å². The molecule has 1 heterocycles. The van der Waals surface area contributed by atoms with Gasteiger partial charge in [0.1, 0.15) is 17.5 Å². The van der Waals surface area contributed by atoms with E-state index in [2.05, 4.69) is 0 Å². The van der Waals surface area contributed by atoms with Crippen molar-refractivity contribution in [3.63, 3.8) is 0 Å². The summed E-state index contributed by atoms with van der Waals surface area (Å²) in [5.41, 5.74) is -3.02. The van der Waals surface area contributed by atoms with Crippen LogP contribution in [0.5, 0.6) is 0 Å². The standard InChI is InChI=1S/C19H27ClO6/c1-5-10(2)15(21)18(3,24)7-6-11-8-12-13(9-26-11)16(22)19(4,25)17(23)14(12)20/h6-8,10,13,15-16,21-22,24-25H,5,9H2,1-4H3/b7-6+/t10-,13-,15+,16+,18-,19+/m0/s1. The molecule has 0 aromatic heterocycles. The minimum atomic E-state index is -1.96. The lowest BCUT2D eigenvalue weighted by molar-refractivity contribution is -0.150. The Bertz CT molecular complexity index is 661. The van der Waals surface area contributed by atoms with Crippen LogP contribution in [0.25, 0.3) is 0 Å². The number of aliphatic hydroxyl groups is 4. The van der Waals surface area contributed by atoms with Gasteiger partial charge < -0.3 is 25.2 Å². The van der Waals surface area contributed by atoms with Crippen LogP contribution in [-0.2, 0) is 9.53 Å². The molecule has 0 unspecified atom stereocenters. The molecule has 0 bridgehead atoms. The topological polar surface area (TPSA) is 107 Å². The molecular weight excluding hydrogens is 360 g/mol. The monoisotopic (exact) mass is 386 g/mol. The molecule has 1 aliphatic heterocycles. The van der Waals surface area contributed by atoms with E-state index in [4.69, 9.17) is 16.3 Å². The summed E-state index contributed by atoms with van der Waals surface area (Å²) in [4.78, 5) is 12.2. The highest BCUT2D eigenvalue weighted by molar-refractivity contribution is 6.44. The van der Waals surface area contributed by atoms with Crippen LogP contribution in [0, 0.1) is 11.8 Å². The average Bonchev–Trinajstić information content (AvgIpc) is 2.61. The fraction of sp³-hybridized carbons (Fsp3) is 0.632. The van der Waals surface area contributed by atoms with Gasteiger partial charge in [-0.05, 0) is 43.6 Å². The number of ether oxygens (including phenoxy) is 1. The number of rotatable bonds is 5. The Balaban J connectivity index is 2.29. The van der Waals surface area contributed by atoms with Crippen LogP contribution in [-0.4, -0.2) is 56.2 Å². The predicted octanol–water partition coefficient (Wildman–Crippen LogP) is 1.42. The van der Waals surface area contributed by atoms with Gasteiger partial charge >= 0.3 is 0 Å². The Labute approximate surface area is 158 Å². The summed E-state index contributed by atoms with van der Waals surface area (Å²) in [6, 6.07) is 0. The predicted molar refractivity (Wildman–Crippen MR) is 97.3 cm³/mol. The third kappa shape index (κ3) is 3.75. The maximum atomic E-state index is 12.2. The Morgan fingerprint density at radius 2 is 2.15 bits per heavy atom. The molecule has 0 fully saturated rings.